The third-order valence-corrected chi connectivity index (χ3v) is 2.20. The molecule has 0 radical (unpaired) electrons. The summed E-state index contributed by atoms with van der Waals surface area (Å²) >= 11 is 5.27. The highest BCUT2D eigenvalue weighted by Gasteiger charge is 1.94. The molecule has 0 atom stereocenters. The van der Waals surface area contributed by atoms with Gasteiger partial charge in [-0.05, 0) is 30.5 Å². The monoisotopic (exact) mass is 199 g/mol. The van der Waals surface area contributed by atoms with Gasteiger partial charge in [-0.15, -0.1) is 11.8 Å². The van der Waals surface area contributed by atoms with Crippen LogP contribution in [0.2, 0.25) is 0 Å². The van der Waals surface area contributed by atoms with Crippen LogP contribution >= 0.6 is 24.4 Å². The number of hydrogen-bond acceptors (Lipinski definition) is 2. The maximum Gasteiger partial charge on any atom is 0.280 e. The fourth-order valence-electron chi connectivity index (χ4n) is 0.798. The van der Waals surface area contributed by atoms with E-state index in [1.165, 1.54) is 4.90 Å². The quantitative estimate of drug-likeness (QED) is 0.566. The van der Waals surface area contributed by atoms with E-state index in [2.05, 4.69) is 17.9 Å². The first-order valence-electron chi connectivity index (χ1n) is 3.36. The van der Waals surface area contributed by atoms with Crippen LogP contribution in [0.25, 0.3) is 0 Å². The molecule has 1 amide bonds. The van der Waals surface area contributed by atoms with Crippen molar-refractivity contribution in [3.63, 3.8) is 0 Å². The zero-order valence-electron chi connectivity index (χ0n) is 6.57. The minimum atomic E-state index is -0.341. The minimum absolute atomic E-state index is 0.341. The van der Waals surface area contributed by atoms with Crippen LogP contribution in [0.15, 0.2) is 29.2 Å². The summed E-state index contributed by atoms with van der Waals surface area (Å²) in [6.45, 7) is 0. The van der Waals surface area contributed by atoms with Gasteiger partial charge in [0.2, 0.25) is 0 Å². The summed E-state index contributed by atoms with van der Waals surface area (Å²) in [5.41, 5.74) is 0.771. The van der Waals surface area contributed by atoms with Crippen molar-refractivity contribution in [3.8, 4) is 0 Å². The molecule has 1 rings (SSSR count). The van der Waals surface area contributed by atoms with E-state index in [0.717, 1.165) is 5.69 Å². The molecule has 0 aliphatic carbocycles. The molecule has 2 nitrogen and oxygen atoms in total. The van der Waals surface area contributed by atoms with E-state index >= 15 is 0 Å². The Balaban J connectivity index is 2.71. The molecule has 1 N–H and O–H groups in total. The van der Waals surface area contributed by atoms with Crippen molar-refractivity contribution in [2.24, 2.45) is 0 Å². The van der Waals surface area contributed by atoms with Crippen molar-refractivity contribution < 1.29 is 4.79 Å². The molecule has 64 valence electrons. The van der Waals surface area contributed by atoms with Gasteiger partial charge in [-0.25, -0.2) is 0 Å². The van der Waals surface area contributed by atoms with Gasteiger partial charge < -0.3 is 5.32 Å². The summed E-state index contributed by atoms with van der Waals surface area (Å²) in [6.07, 6.45) is 2.01. The van der Waals surface area contributed by atoms with Gasteiger partial charge in [-0.2, -0.15) is 0 Å². The zero-order valence-corrected chi connectivity index (χ0v) is 8.28. The Labute approximate surface area is 81.2 Å². The number of anilines is 1. The van der Waals surface area contributed by atoms with Crippen LogP contribution < -0.4 is 5.32 Å². The standard InChI is InChI=1S/C8H9NOS2/c1-12-7-4-2-6(3-5-7)9-8(10)11/h2-5H,1H3,(H2,9,10,11). The molecule has 0 unspecified atom stereocenters. The molecule has 1 aromatic rings. The average molecular weight is 199 g/mol. The normalized spacial score (nSPS) is 9.50. The lowest BCUT2D eigenvalue weighted by atomic mass is 10.3. The van der Waals surface area contributed by atoms with Crippen molar-refractivity contribution in [2.75, 3.05) is 11.6 Å². The molecule has 0 aromatic heterocycles. The summed E-state index contributed by atoms with van der Waals surface area (Å²) in [6, 6.07) is 7.59. The second kappa shape index (κ2) is 4.42. The summed E-state index contributed by atoms with van der Waals surface area (Å²) in [7, 11) is 0. The number of carbonyl (C=O) groups excluding carboxylic acids is 1. The van der Waals surface area contributed by atoms with Crippen molar-refractivity contribution >= 4 is 35.3 Å². The number of hydrogen-bond donors (Lipinski definition) is 2. The number of benzene rings is 1. The largest absolute Gasteiger partial charge is 0.317 e. The lowest BCUT2D eigenvalue weighted by Gasteiger charge is -2.01. The molecule has 0 aliphatic heterocycles. The fourth-order valence-corrected chi connectivity index (χ4v) is 1.34. The fraction of sp³-hybridized carbons (Fsp3) is 0.125. The molecule has 12 heavy (non-hydrogen) atoms. The van der Waals surface area contributed by atoms with E-state index in [1.807, 2.05) is 30.5 Å². The van der Waals surface area contributed by atoms with Crippen LogP contribution in [-0.2, 0) is 0 Å². The highest BCUT2D eigenvalue weighted by molar-refractivity contribution is 7.98. The molecule has 0 aliphatic rings. The van der Waals surface area contributed by atoms with Crippen molar-refractivity contribution in [1.82, 2.24) is 0 Å². The first kappa shape index (κ1) is 9.48. The Hall–Kier alpha value is -0.610. The summed E-state index contributed by atoms with van der Waals surface area (Å²) in [5.74, 6) is 0. The van der Waals surface area contributed by atoms with Crippen molar-refractivity contribution in [2.45, 2.75) is 4.90 Å². The third kappa shape index (κ3) is 2.79. The predicted molar refractivity (Wildman–Crippen MR) is 56.2 cm³/mol. The molecule has 0 saturated heterocycles. The Morgan fingerprint density at radius 3 is 2.42 bits per heavy atom. The van der Waals surface area contributed by atoms with Gasteiger partial charge in [0.15, 0.2) is 0 Å². The van der Waals surface area contributed by atoms with Gasteiger partial charge in [0.25, 0.3) is 5.24 Å². The van der Waals surface area contributed by atoms with E-state index in [4.69, 9.17) is 0 Å². The molecular weight excluding hydrogens is 190 g/mol. The first-order valence-corrected chi connectivity index (χ1v) is 5.03. The number of amides is 1. The highest BCUT2D eigenvalue weighted by Crippen LogP contribution is 2.17. The summed E-state index contributed by atoms with van der Waals surface area (Å²) in [4.78, 5) is 11.7. The second-order valence-corrected chi connectivity index (χ2v) is 3.44. The van der Waals surface area contributed by atoms with Crippen LogP contribution in [0.4, 0.5) is 10.5 Å². The number of nitrogens with one attached hydrogen (secondary N) is 1. The Morgan fingerprint density at radius 1 is 1.42 bits per heavy atom. The Morgan fingerprint density at radius 2 is 2.00 bits per heavy atom. The molecular formula is C8H9NOS2. The molecule has 0 heterocycles. The number of rotatable bonds is 2. The maximum absolute atomic E-state index is 10.5. The van der Waals surface area contributed by atoms with E-state index in [-0.39, 0.29) is 5.24 Å². The van der Waals surface area contributed by atoms with Crippen LogP contribution in [0, 0.1) is 0 Å². The molecule has 0 saturated carbocycles. The van der Waals surface area contributed by atoms with Crippen molar-refractivity contribution in [1.29, 1.82) is 0 Å². The summed E-state index contributed by atoms with van der Waals surface area (Å²) in [5, 5.41) is 2.23. The molecule has 1 aromatic carbocycles. The molecule has 0 fully saturated rings. The van der Waals surface area contributed by atoms with Gasteiger partial charge >= 0.3 is 0 Å². The topological polar surface area (TPSA) is 29.1 Å². The predicted octanol–water partition coefficient (Wildman–Crippen LogP) is 2.87. The van der Waals surface area contributed by atoms with E-state index in [1.54, 1.807) is 11.8 Å². The lowest BCUT2D eigenvalue weighted by Crippen LogP contribution is -2.00. The number of thioether (sulfide) groups is 1. The Kier molecular flexibility index (Phi) is 3.49. The SMILES string of the molecule is CSc1ccc(NC(=O)S)cc1. The van der Waals surface area contributed by atoms with E-state index < -0.39 is 0 Å². The van der Waals surface area contributed by atoms with Crippen molar-refractivity contribution in [3.05, 3.63) is 24.3 Å². The van der Waals surface area contributed by atoms with Gasteiger partial charge in [-0.1, -0.05) is 12.6 Å². The van der Waals surface area contributed by atoms with E-state index in [9.17, 15) is 4.79 Å². The highest BCUT2D eigenvalue weighted by atomic mass is 32.2. The maximum atomic E-state index is 10.5. The molecule has 4 heteroatoms. The third-order valence-electron chi connectivity index (χ3n) is 1.34. The number of carbonyl (C=O) groups is 1. The molecule has 0 bridgehead atoms. The molecule has 0 spiro atoms. The van der Waals surface area contributed by atoms with Crippen LogP contribution in [0.1, 0.15) is 0 Å². The number of thiol groups is 1. The minimum Gasteiger partial charge on any atom is -0.317 e. The van der Waals surface area contributed by atoms with Gasteiger partial charge in [0, 0.05) is 10.6 Å². The van der Waals surface area contributed by atoms with Crippen LogP contribution in [-0.4, -0.2) is 11.5 Å². The first-order chi connectivity index (χ1) is 5.72. The average Bonchev–Trinajstić information content (AvgIpc) is 2.05. The van der Waals surface area contributed by atoms with Gasteiger partial charge in [0.05, 0.1) is 0 Å². The summed E-state index contributed by atoms with van der Waals surface area (Å²) < 4.78 is 0. The smallest absolute Gasteiger partial charge is 0.280 e. The second-order valence-electron chi connectivity index (χ2n) is 2.16. The van der Waals surface area contributed by atoms with Crippen LogP contribution in [0.3, 0.4) is 0 Å². The van der Waals surface area contributed by atoms with E-state index in [0.29, 0.717) is 0 Å². The Bertz CT molecular complexity index is 271. The van der Waals surface area contributed by atoms with Crippen LogP contribution in [0.5, 0.6) is 0 Å². The van der Waals surface area contributed by atoms with Gasteiger partial charge in [0.1, 0.15) is 0 Å². The van der Waals surface area contributed by atoms with Gasteiger partial charge in [-0.3, -0.25) is 4.79 Å². The lowest BCUT2D eigenvalue weighted by molar-refractivity contribution is 0.270. The zero-order chi connectivity index (χ0) is 8.97.